The van der Waals surface area contributed by atoms with Crippen LogP contribution in [0, 0.1) is 17.7 Å². The molecule has 1 aliphatic heterocycles. The molecule has 0 atom stereocenters. The van der Waals surface area contributed by atoms with E-state index in [-0.39, 0.29) is 24.9 Å². The molecule has 104 valence electrons. The van der Waals surface area contributed by atoms with E-state index in [9.17, 15) is 14.0 Å². The van der Waals surface area contributed by atoms with Crippen LogP contribution in [0.3, 0.4) is 0 Å². The second-order valence-corrected chi connectivity index (χ2v) is 4.58. The van der Waals surface area contributed by atoms with Crippen LogP contribution in [-0.4, -0.2) is 23.3 Å². The Morgan fingerprint density at radius 2 is 1.90 bits per heavy atom. The molecule has 4 nitrogen and oxygen atoms in total. The average molecular weight is 274 g/mol. The molecule has 2 amide bonds. The smallest absolute Gasteiger partial charge is 0.229 e. The first-order chi connectivity index (χ1) is 9.60. The van der Waals surface area contributed by atoms with Gasteiger partial charge in [0.25, 0.3) is 0 Å². The quantitative estimate of drug-likeness (QED) is 0.650. The minimum Gasteiger partial charge on any atom is -0.320 e. The van der Waals surface area contributed by atoms with Crippen LogP contribution in [0.4, 0.5) is 4.39 Å². The Labute approximate surface area is 116 Å². The summed E-state index contributed by atoms with van der Waals surface area (Å²) in [4.78, 5) is 24.6. The number of amides is 2. The molecule has 0 aliphatic carbocycles. The number of carbonyl (C=O) groups excluding carboxylic acids is 2. The number of rotatable bonds is 2. The first-order valence-corrected chi connectivity index (χ1v) is 6.42. The number of piperidine rings is 1. The van der Waals surface area contributed by atoms with E-state index in [4.69, 9.17) is 5.73 Å². The topological polar surface area (TPSA) is 63.4 Å². The molecule has 5 heteroatoms. The molecule has 1 aliphatic rings. The fourth-order valence-corrected chi connectivity index (χ4v) is 2.13. The number of likely N-dealkylation sites (tertiary alicyclic amines) is 1. The van der Waals surface area contributed by atoms with Crippen LogP contribution in [0.15, 0.2) is 18.2 Å². The summed E-state index contributed by atoms with van der Waals surface area (Å²) in [5.74, 6) is 4.53. The zero-order valence-corrected chi connectivity index (χ0v) is 11.0. The van der Waals surface area contributed by atoms with Gasteiger partial charge in [0, 0.05) is 18.4 Å². The van der Waals surface area contributed by atoms with Gasteiger partial charge in [-0.15, -0.1) is 0 Å². The highest BCUT2D eigenvalue weighted by atomic mass is 19.1. The van der Waals surface area contributed by atoms with Crippen LogP contribution in [0.1, 0.15) is 30.4 Å². The van der Waals surface area contributed by atoms with Gasteiger partial charge in [0.15, 0.2) is 0 Å². The number of benzene rings is 1. The van der Waals surface area contributed by atoms with Crippen molar-refractivity contribution in [2.24, 2.45) is 5.73 Å². The third-order valence-corrected chi connectivity index (χ3v) is 3.02. The van der Waals surface area contributed by atoms with E-state index >= 15 is 0 Å². The van der Waals surface area contributed by atoms with Crippen LogP contribution < -0.4 is 5.73 Å². The van der Waals surface area contributed by atoms with Crippen LogP contribution in [0.2, 0.25) is 0 Å². The number of nitrogens with two attached hydrogens (primary N) is 1. The van der Waals surface area contributed by atoms with Gasteiger partial charge in [0.2, 0.25) is 11.8 Å². The van der Waals surface area contributed by atoms with E-state index in [1.54, 1.807) is 6.07 Å². The van der Waals surface area contributed by atoms with Gasteiger partial charge in [-0.2, -0.15) is 0 Å². The summed E-state index contributed by atoms with van der Waals surface area (Å²) in [7, 11) is 0. The molecule has 1 aromatic rings. The molecule has 0 unspecified atom stereocenters. The van der Waals surface area contributed by atoms with E-state index in [1.165, 1.54) is 17.0 Å². The third kappa shape index (κ3) is 3.43. The summed E-state index contributed by atoms with van der Waals surface area (Å²) in [6.45, 7) is 0.279. The van der Waals surface area contributed by atoms with Crippen molar-refractivity contribution in [2.75, 3.05) is 6.54 Å². The highest BCUT2D eigenvalue weighted by Gasteiger charge is 2.25. The normalized spacial score (nSPS) is 15.0. The van der Waals surface area contributed by atoms with Crippen LogP contribution >= 0.6 is 0 Å². The van der Waals surface area contributed by atoms with Crippen LogP contribution in [0.25, 0.3) is 0 Å². The fraction of sp³-hybridized carbons (Fsp3) is 0.333. The third-order valence-electron chi connectivity index (χ3n) is 3.02. The van der Waals surface area contributed by atoms with Crippen molar-refractivity contribution in [3.8, 4) is 11.8 Å². The molecular formula is C15H15FN2O2. The highest BCUT2D eigenvalue weighted by Crippen LogP contribution is 2.17. The Bertz CT molecular complexity index is 586. The van der Waals surface area contributed by atoms with Crippen LogP contribution in [-0.2, 0) is 16.1 Å². The first-order valence-electron chi connectivity index (χ1n) is 6.42. The van der Waals surface area contributed by atoms with E-state index in [0.29, 0.717) is 30.4 Å². The lowest BCUT2D eigenvalue weighted by Gasteiger charge is -2.24. The number of imide groups is 1. The summed E-state index contributed by atoms with van der Waals surface area (Å²) >= 11 is 0. The average Bonchev–Trinajstić information content (AvgIpc) is 2.40. The summed E-state index contributed by atoms with van der Waals surface area (Å²) in [6, 6.07) is 4.27. The van der Waals surface area contributed by atoms with E-state index in [1.807, 2.05) is 0 Å². The lowest BCUT2D eigenvalue weighted by Crippen LogP contribution is -2.39. The molecule has 0 bridgehead atoms. The maximum atomic E-state index is 13.5. The van der Waals surface area contributed by atoms with Gasteiger partial charge >= 0.3 is 0 Å². The minimum absolute atomic E-state index is 0.0900. The van der Waals surface area contributed by atoms with Gasteiger partial charge in [0.05, 0.1) is 13.1 Å². The standard InChI is InChI=1S/C15H15FN2O2/c16-13-8-11(3-2-6-17)7-12(9-13)10-18-14(19)4-1-5-15(18)20/h7-9H,1,4-6,10,17H2. The van der Waals surface area contributed by atoms with Gasteiger partial charge in [-0.05, 0) is 30.2 Å². The Morgan fingerprint density at radius 3 is 2.55 bits per heavy atom. The lowest BCUT2D eigenvalue weighted by molar-refractivity contribution is -0.148. The zero-order chi connectivity index (χ0) is 14.5. The molecule has 1 aromatic carbocycles. The van der Waals surface area contributed by atoms with Gasteiger partial charge < -0.3 is 5.73 Å². The number of nitrogens with zero attached hydrogens (tertiary/aromatic N) is 1. The van der Waals surface area contributed by atoms with Crippen LogP contribution in [0.5, 0.6) is 0 Å². The summed E-state index contributed by atoms with van der Waals surface area (Å²) in [5, 5.41) is 0. The summed E-state index contributed by atoms with van der Waals surface area (Å²) in [6.07, 6.45) is 1.31. The molecule has 1 fully saturated rings. The van der Waals surface area contributed by atoms with Crippen molar-refractivity contribution < 1.29 is 14.0 Å². The second-order valence-electron chi connectivity index (χ2n) is 4.58. The Kier molecular flexibility index (Phi) is 4.49. The molecule has 2 rings (SSSR count). The monoisotopic (exact) mass is 274 g/mol. The van der Waals surface area contributed by atoms with Crippen molar-refractivity contribution in [1.82, 2.24) is 4.90 Å². The van der Waals surface area contributed by atoms with E-state index in [0.717, 1.165) is 0 Å². The van der Waals surface area contributed by atoms with Crippen molar-refractivity contribution in [3.63, 3.8) is 0 Å². The van der Waals surface area contributed by atoms with Crippen molar-refractivity contribution in [1.29, 1.82) is 0 Å². The van der Waals surface area contributed by atoms with Crippen molar-refractivity contribution in [3.05, 3.63) is 35.1 Å². The molecule has 0 aromatic heterocycles. The highest BCUT2D eigenvalue weighted by molar-refractivity contribution is 5.97. The first kappa shape index (κ1) is 14.2. The Morgan fingerprint density at radius 1 is 1.20 bits per heavy atom. The predicted octanol–water partition coefficient (Wildman–Crippen LogP) is 1.18. The molecule has 0 saturated carbocycles. The van der Waals surface area contributed by atoms with E-state index < -0.39 is 5.82 Å². The maximum Gasteiger partial charge on any atom is 0.229 e. The number of hydrogen-bond acceptors (Lipinski definition) is 3. The number of halogens is 1. The molecule has 1 heterocycles. The summed E-state index contributed by atoms with van der Waals surface area (Å²) in [5.41, 5.74) is 6.31. The number of carbonyl (C=O) groups is 2. The second kappa shape index (κ2) is 6.31. The molecular weight excluding hydrogens is 259 g/mol. The molecule has 0 spiro atoms. The van der Waals surface area contributed by atoms with Gasteiger partial charge in [-0.25, -0.2) is 4.39 Å². The van der Waals surface area contributed by atoms with Crippen molar-refractivity contribution >= 4 is 11.8 Å². The minimum atomic E-state index is -0.444. The van der Waals surface area contributed by atoms with Gasteiger partial charge in [0.1, 0.15) is 5.82 Å². The lowest BCUT2D eigenvalue weighted by atomic mass is 10.1. The Balaban J connectivity index is 2.22. The largest absolute Gasteiger partial charge is 0.320 e. The number of hydrogen-bond donors (Lipinski definition) is 1. The van der Waals surface area contributed by atoms with Gasteiger partial charge in [-0.3, -0.25) is 14.5 Å². The molecule has 2 N–H and O–H groups in total. The predicted molar refractivity (Wildman–Crippen MR) is 71.7 cm³/mol. The fourth-order valence-electron chi connectivity index (χ4n) is 2.13. The molecule has 20 heavy (non-hydrogen) atoms. The Hall–Kier alpha value is -2.19. The molecule has 0 radical (unpaired) electrons. The zero-order valence-electron chi connectivity index (χ0n) is 11.0. The summed E-state index contributed by atoms with van der Waals surface area (Å²) < 4.78 is 13.5. The van der Waals surface area contributed by atoms with Crippen molar-refractivity contribution in [2.45, 2.75) is 25.8 Å². The SMILES string of the molecule is NCC#Cc1cc(F)cc(CN2C(=O)CCCC2=O)c1. The van der Waals surface area contributed by atoms with Gasteiger partial charge in [-0.1, -0.05) is 11.8 Å². The molecule has 1 saturated heterocycles. The maximum absolute atomic E-state index is 13.5. The van der Waals surface area contributed by atoms with E-state index in [2.05, 4.69) is 11.8 Å².